The van der Waals surface area contributed by atoms with Gasteiger partial charge in [0.25, 0.3) is 5.91 Å². The van der Waals surface area contributed by atoms with E-state index in [-0.39, 0.29) is 5.91 Å². The van der Waals surface area contributed by atoms with E-state index in [1.165, 1.54) is 0 Å². The molecule has 3 aromatic rings. The first-order valence-corrected chi connectivity index (χ1v) is 8.60. The van der Waals surface area contributed by atoms with Gasteiger partial charge >= 0.3 is 0 Å². The van der Waals surface area contributed by atoms with E-state index in [4.69, 9.17) is 0 Å². The molecular weight excluding hydrogens is 314 g/mol. The minimum absolute atomic E-state index is 0.00955. The van der Waals surface area contributed by atoms with Crippen LogP contribution in [0.1, 0.15) is 34.9 Å². The molecule has 1 aliphatic heterocycles. The number of amides is 1. The SMILES string of the molecule is Cn1ccc(C2CCCN(C(=O)c3cc(-c4ccccc4)n[nH]3)C2)n1. The number of carbonyl (C=O) groups is 1. The van der Waals surface area contributed by atoms with Crippen molar-refractivity contribution >= 4 is 5.91 Å². The van der Waals surface area contributed by atoms with Crippen molar-refractivity contribution in [3.8, 4) is 11.3 Å². The second kappa shape index (κ2) is 6.55. The number of nitrogens with one attached hydrogen (secondary N) is 1. The molecule has 1 N–H and O–H groups in total. The van der Waals surface area contributed by atoms with E-state index in [1.807, 2.05) is 65.3 Å². The van der Waals surface area contributed by atoms with Crippen molar-refractivity contribution in [2.45, 2.75) is 18.8 Å². The molecule has 0 aliphatic carbocycles. The van der Waals surface area contributed by atoms with E-state index < -0.39 is 0 Å². The highest BCUT2D eigenvalue weighted by Gasteiger charge is 2.27. The second-order valence-corrected chi connectivity index (χ2v) is 6.54. The van der Waals surface area contributed by atoms with Crippen LogP contribution in [0.5, 0.6) is 0 Å². The van der Waals surface area contributed by atoms with Crippen LogP contribution in [0.4, 0.5) is 0 Å². The second-order valence-electron chi connectivity index (χ2n) is 6.54. The third kappa shape index (κ3) is 3.20. The van der Waals surface area contributed by atoms with Gasteiger partial charge in [-0.3, -0.25) is 14.6 Å². The van der Waals surface area contributed by atoms with E-state index >= 15 is 0 Å². The highest BCUT2D eigenvalue weighted by atomic mass is 16.2. The third-order valence-corrected chi connectivity index (χ3v) is 4.74. The van der Waals surface area contributed by atoms with Gasteiger partial charge in [0, 0.05) is 37.8 Å². The van der Waals surface area contributed by atoms with Crippen LogP contribution in [0, 0.1) is 0 Å². The van der Waals surface area contributed by atoms with Gasteiger partial charge in [-0.2, -0.15) is 10.2 Å². The Morgan fingerprint density at radius 1 is 1.24 bits per heavy atom. The Kier molecular flexibility index (Phi) is 4.09. The summed E-state index contributed by atoms with van der Waals surface area (Å²) >= 11 is 0. The monoisotopic (exact) mass is 335 g/mol. The molecule has 6 nitrogen and oxygen atoms in total. The number of aromatic nitrogens is 4. The highest BCUT2D eigenvalue weighted by molar-refractivity contribution is 5.93. The molecule has 0 spiro atoms. The molecule has 25 heavy (non-hydrogen) atoms. The lowest BCUT2D eigenvalue weighted by Gasteiger charge is -2.31. The molecule has 1 amide bonds. The van der Waals surface area contributed by atoms with Crippen LogP contribution >= 0.6 is 0 Å². The number of aromatic amines is 1. The summed E-state index contributed by atoms with van der Waals surface area (Å²) in [6, 6.07) is 13.8. The number of nitrogens with zero attached hydrogens (tertiary/aromatic N) is 4. The van der Waals surface area contributed by atoms with Crippen LogP contribution in [0.25, 0.3) is 11.3 Å². The molecule has 1 aliphatic rings. The Bertz CT molecular complexity index is 867. The summed E-state index contributed by atoms with van der Waals surface area (Å²) in [5, 5.41) is 11.7. The molecule has 0 saturated carbocycles. The van der Waals surface area contributed by atoms with Gasteiger partial charge in [0.1, 0.15) is 5.69 Å². The molecule has 0 bridgehead atoms. The van der Waals surface area contributed by atoms with Crippen molar-refractivity contribution in [2.24, 2.45) is 7.05 Å². The van der Waals surface area contributed by atoms with Gasteiger partial charge in [-0.1, -0.05) is 30.3 Å². The molecule has 1 unspecified atom stereocenters. The molecule has 4 rings (SSSR count). The number of piperidine rings is 1. The van der Waals surface area contributed by atoms with Gasteiger partial charge in [-0.25, -0.2) is 0 Å². The van der Waals surface area contributed by atoms with Crippen molar-refractivity contribution in [1.29, 1.82) is 0 Å². The Labute approximate surface area is 146 Å². The normalized spacial score (nSPS) is 17.6. The van der Waals surface area contributed by atoms with Gasteiger partial charge < -0.3 is 4.90 Å². The summed E-state index contributed by atoms with van der Waals surface area (Å²) in [7, 11) is 1.92. The maximum atomic E-state index is 12.9. The van der Waals surface area contributed by atoms with E-state index in [1.54, 1.807) is 0 Å². The lowest BCUT2D eigenvalue weighted by Crippen LogP contribution is -2.39. The zero-order chi connectivity index (χ0) is 17.2. The molecule has 6 heteroatoms. The number of rotatable bonds is 3. The Balaban J connectivity index is 1.50. The van der Waals surface area contributed by atoms with Crippen LogP contribution in [0.15, 0.2) is 48.7 Å². The average Bonchev–Trinajstić information content (AvgIpc) is 3.31. The molecule has 1 saturated heterocycles. The Hall–Kier alpha value is -2.89. The first-order chi connectivity index (χ1) is 12.2. The summed E-state index contributed by atoms with van der Waals surface area (Å²) in [5.74, 6) is 0.311. The maximum Gasteiger partial charge on any atom is 0.271 e. The number of carbonyl (C=O) groups excluding carboxylic acids is 1. The maximum absolute atomic E-state index is 12.9. The largest absolute Gasteiger partial charge is 0.337 e. The Morgan fingerprint density at radius 2 is 2.08 bits per heavy atom. The average molecular weight is 335 g/mol. The van der Waals surface area contributed by atoms with Crippen LogP contribution in [0.2, 0.25) is 0 Å². The lowest BCUT2D eigenvalue weighted by atomic mass is 9.95. The van der Waals surface area contributed by atoms with Gasteiger partial charge in [0.05, 0.1) is 11.4 Å². The zero-order valence-electron chi connectivity index (χ0n) is 14.2. The van der Waals surface area contributed by atoms with Crippen molar-refractivity contribution in [3.63, 3.8) is 0 Å². The van der Waals surface area contributed by atoms with Crippen molar-refractivity contribution in [2.75, 3.05) is 13.1 Å². The highest BCUT2D eigenvalue weighted by Crippen LogP contribution is 2.27. The fourth-order valence-electron chi connectivity index (χ4n) is 3.41. The summed E-state index contributed by atoms with van der Waals surface area (Å²) in [4.78, 5) is 14.8. The van der Waals surface area contributed by atoms with E-state index in [0.29, 0.717) is 18.2 Å². The van der Waals surface area contributed by atoms with E-state index in [0.717, 1.165) is 36.3 Å². The minimum atomic E-state index is 0.00955. The number of likely N-dealkylation sites (tertiary alicyclic amines) is 1. The number of aryl methyl sites for hydroxylation is 1. The minimum Gasteiger partial charge on any atom is -0.337 e. The quantitative estimate of drug-likeness (QED) is 0.800. The topological polar surface area (TPSA) is 66.8 Å². The standard InChI is InChI=1S/C19H21N5O/c1-23-11-9-16(22-23)15-8-5-10-24(13-15)19(25)18-12-17(20-21-18)14-6-3-2-4-7-14/h2-4,6-7,9,11-12,15H,5,8,10,13H2,1H3,(H,20,21). The number of hydrogen-bond acceptors (Lipinski definition) is 3. The zero-order valence-corrected chi connectivity index (χ0v) is 14.2. The molecule has 1 atom stereocenters. The summed E-state index contributed by atoms with van der Waals surface area (Å²) < 4.78 is 1.82. The predicted octanol–water partition coefficient (Wildman–Crippen LogP) is 2.83. The molecule has 0 radical (unpaired) electrons. The van der Waals surface area contributed by atoms with Crippen LogP contribution in [-0.2, 0) is 7.05 Å². The van der Waals surface area contributed by atoms with Crippen LogP contribution in [0.3, 0.4) is 0 Å². The van der Waals surface area contributed by atoms with E-state index in [2.05, 4.69) is 15.3 Å². The predicted molar refractivity (Wildman–Crippen MR) is 95.1 cm³/mol. The fraction of sp³-hybridized carbons (Fsp3) is 0.316. The van der Waals surface area contributed by atoms with Gasteiger partial charge in [-0.15, -0.1) is 0 Å². The Morgan fingerprint density at radius 3 is 2.84 bits per heavy atom. The summed E-state index contributed by atoms with van der Waals surface area (Å²) in [5.41, 5.74) is 3.40. The smallest absolute Gasteiger partial charge is 0.271 e. The first-order valence-electron chi connectivity index (χ1n) is 8.60. The first kappa shape index (κ1) is 15.6. The van der Waals surface area contributed by atoms with Gasteiger partial charge in [-0.05, 0) is 25.0 Å². The molecule has 1 aromatic carbocycles. The van der Waals surface area contributed by atoms with Crippen molar-refractivity contribution in [3.05, 3.63) is 60.0 Å². The third-order valence-electron chi connectivity index (χ3n) is 4.74. The van der Waals surface area contributed by atoms with Gasteiger partial charge in [0.15, 0.2) is 0 Å². The number of hydrogen-bond donors (Lipinski definition) is 1. The lowest BCUT2D eigenvalue weighted by molar-refractivity contribution is 0.0699. The molecule has 2 aromatic heterocycles. The van der Waals surface area contributed by atoms with Crippen LogP contribution in [-0.4, -0.2) is 43.9 Å². The van der Waals surface area contributed by atoms with Crippen molar-refractivity contribution < 1.29 is 4.79 Å². The molecule has 128 valence electrons. The van der Waals surface area contributed by atoms with Crippen molar-refractivity contribution in [1.82, 2.24) is 24.9 Å². The number of benzene rings is 1. The molecular formula is C19H21N5O. The van der Waals surface area contributed by atoms with Gasteiger partial charge in [0.2, 0.25) is 0 Å². The molecule has 3 heterocycles. The fourth-order valence-corrected chi connectivity index (χ4v) is 3.41. The number of H-pyrrole nitrogens is 1. The molecule has 1 fully saturated rings. The summed E-state index contributed by atoms with van der Waals surface area (Å²) in [6.07, 6.45) is 4.02. The van der Waals surface area contributed by atoms with E-state index in [9.17, 15) is 4.79 Å². The summed E-state index contributed by atoms with van der Waals surface area (Å²) in [6.45, 7) is 1.48. The van der Waals surface area contributed by atoms with Crippen LogP contribution < -0.4 is 0 Å².